The zero-order valence-corrected chi connectivity index (χ0v) is 12.3. The Morgan fingerprint density at radius 3 is 2.26 bits per heavy atom. The summed E-state index contributed by atoms with van der Waals surface area (Å²) in [5.74, 6) is 0.293. The summed E-state index contributed by atoms with van der Waals surface area (Å²) in [6, 6.07) is 0.0885. The first-order valence-electron chi connectivity index (χ1n) is 6.46. The maximum atomic E-state index is 11.6. The second-order valence-corrected chi connectivity index (χ2v) is 6.63. The first-order valence-corrected chi connectivity index (χ1v) is 6.46. The van der Waals surface area contributed by atoms with Gasteiger partial charge < -0.3 is 20.5 Å². The van der Waals surface area contributed by atoms with Crippen LogP contribution in [0.5, 0.6) is 0 Å². The standard InChI is InChI=1S/C13H24N2O4/c1-12(2,3)19-11(17)15-9-6-8(9)7-13(4,5)18-10(14)16/h8-9H,6-7H2,1-5H3,(H2,14,16)(H,15,17). The molecule has 2 amide bonds. The molecule has 6 heteroatoms. The van der Waals surface area contributed by atoms with Crippen molar-refractivity contribution >= 4 is 12.2 Å². The van der Waals surface area contributed by atoms with E-state index in [4.69, 9.17) is 15.2 Å². The molecule has 3 N–H and O–H groups in total. The van der Waals surface area contributed by atoms with E-state index >= 15 is 0 Å². The second-order valence-electron chi connectivity index (χ2n) is 6.63. The average Bonchev–Trinajstić information content (AvgIpc) is 2.74. The Balaban J connectivity index is 2.32. The van der Waals surface area contributed by atoms with Crippen LogP contribution in [0.4, 0.5) is 9.59 Å². The van der Waals surface area contributed by atoms with Gasteiger partial charge in [-0.1, -0.05) is 0 Å². The number of primary amides is 1. The third-order valence-electron chi connectivity index (χ3n) is 2.76. The van der Waals surface area contributed by atoms with Gasteiger partial charge in [0.1, 0.15) is 11.2 Å². The molecule has 0 aromatic carbocycles. The fraction of sp³-hybridized carbons (Fsp3) is 0.846. The van der Waals surface area contributed by atoms with E-state index in [0.717, 1.165) is 6.42 Å². The van der Waals surface area contributed by atoms with Gasteiger partial charge in [0.2, 0.25) is 0 Å². The number of rotatable bonds is 4. The van der Waals surface area contributed by atoms with Gasteiger partial charge in [-0.2, -0.15) is 0 Å². The zero-order chi connectivity index (χ0) is 14.8. The lowest BCUT2D eigenvalue weighted by molar-refractivity contribution is 0.0328. The number of amides is 2. The van der Waals surface area contributed by atoms with Gasteiger partial charge in [-0.05, 0) is 53.4 Å². The van der Waals surface area contributed by atoms with Gasteiger partial charge in [0.25, 0.3) is 0 Å². The topological polar surface area (TPSA) is 90.7 Å². The quantitative estimate of drug-likeness (QED) is 0.820. The lowest BCUT2D eigenvalue weighted by Gasteiger charge is -2.24. The molecular weight excluding hydrogens is 248 g/mol. The Bertz CT molecular complexity index is 360. The predicted octanol–water partition coefficient (Wildman–Crippen LogP) is 2.16. The second kappa shape index (κ2) is 5.27. The summed E-state index contributed by atoms with van der Waals surface area (Å²) in [6.07, 6.45) is 0.345. The molecule has 0 spiro atoms. The molecule has 19 heavy (non-hydrogen) atoms. The number of ether oxygens (including phenoxy) is 2. The Morgan fingerprint density at radius 2 is 1.79 bits per heavy atom. The number of nitrogens with two attached hydrogens (primary N) is 1. The van der Waals surface area contributed by atoms with Crippen LogP contribution < -0.4 is 11.1 Å². The van der Waals surface area contributed by atoms with Crippen molar-refractivity contribution in [3.63, 3.8) is 0 Å². The SMILES string of the molecule is CC(C)(C)OC(=O)NC1CC1CC(C)(C)OC(N)=O. The number of alkyl carbamates (subject to hydrolysis) is 1. The zero-order valence-electron chi connectivity index (χ0n) is 12.3. The highest BCUT2D eigenvalue weighted by atomic mass is 16.6. The smallest absolute Gasteiger partial charge is 0.407 e. The van der Waals surface area contributed by atoms with Crippen molar-refractivity contribution in [3.05, 3.63) is 0 Å². The first kappa shape index (κ1) is 15.6. The molecule has 1 rings (SSSR count). The molecule has 0 heterocycles. The van der Waals surface area contributed by atoms with E-state index in [1.165, 1.54) is 0 Å². The Kier molecular flexibility index (Phi) is 4.32. The number of carbonyl (C=O) groups excluding carboxylic acids is 2. The van der Waals surface area contributed by atoms with Gasteiger partial charge >= 0.3 is 12.2 Å². The van der Waals surface area contributed by atoms with E-state index in [2.05, 4.69) is 5.32 Å². The van der Waals surface area contributed by atoms with Gasteiger partial charge in [-0.15, -0.1) is 0 Å². The molecular formula is C13H24N2O4. The average molecular weight is 272 g/mol. The number of hydrogen-bond acceptors (Lipinski definition) is 4. The molecule has 0 aromatic heterocycles. The first-order chi connectivity index (χ1) is 8.48. The lowest BCUT2D eigenvalue weighted by Crippen LogP contribution is -2.36. The Morgan fingerprint density at radius 1 is 1.21 bits per heavy atom. The molecule has 0 aromatic rings. The minimum atomic E-state index is -0.776. The summed E-state index contributed by atoms with van der Waals surface area (Å²) in [5.41, 5.74) is 3.90. The highest BCUT2D eigenvalue weighted by molar-refractivity contribution is 5.68. The van der Waals surface area contributed by atoms with E-state index < -0.39 is 23.4 Å². The fourth-order valence-electron chi connectivity index (χ4n) is 2.05. The molecule has 1 saturated carbocycles. The molecule has 2 atom stereocenters. The van der Waals surface area contributed by atoms with Crippen LogP contribution in [0.3, 0.4) is 0 Å². The van der Waals surface area contributed by atoms with Crippen molar-refractivity contribution in [2.45, 2.75) is 64.7 Å². The lowest BCUT2D eigenvalue weighted by atomic mass is 10.0. The van der Waals surface area contributed by atoms with Crippen molar-refractivity contribution in [1.82, 2.24) is 5.32 Å². The van der Waals surface area contributed by atoms with Crippen molar-refractivity contribution < 1.29 is 19.1 Å². The molecule has 0 aliphatic heterocycles. The Hall–Kier alpha value is -1.46. The molecule has 2 unspecified atom stereocenters. The summed E-state index contributed by atoms with van der Waals surface area (Å²) in [6.45, 7) is 9.07. The van der Waals surface area contributed by atoms with E-state index in [0.29, 0.717) is 12.3 Å². The summed E-state index contributed by atoms with van der Waals surface area (Å²) in [4.78, 5) is 22.3. The van der Waals surface area contributed by atoms with Crippen molar-refractivity contribution in [1.29, 1.82) is 0 Å². The molecule has 1 aliphatic carbocycles. The van der Waals surface area contributed by atoms with Gasteiger partial charge in [0.05, 0.1) is 0 Å². The third-order valence-corrected chi connectivity index (χ3v) is 2.76. The number of nitrogens with one attached hydrogen (secondary N) is 1. The largest absolute Gasteiger partial charge is 0.444 e. The van der Waals surface area contributed by atoms with Crippen LogP contribution in [-0.4, -0.2) is 29.4 Å². The van der Waals surface area contributed by atoms with Crippen molar-refractivity contribution in [2.75, 3.05) is 0 Å². The molecule has 110 valence electrons. The maximum Gasteiger partial charge on any atom is 0.407 e. The van der Waals surface area contributed by atoms with Gasteiger partial charge in [0, 0.05) is 6.04 Å². The number of carbonyl (C=O) groups is 2. The van der Waals surface area contributed by atoms with Crippen LogP contribution in [0, 0.1) is 5.92 Å². The number of hydrogen-bond donors (Lipinski definition) is 2. The van der Waals surface area contributed by atoms with E-state index in [1.807, 2.05) is 20.8 Å². The van der Waals surface area contributed by atoms with E-state index in [-0.39, 0.29) is 6.04 Å². The molecule has 6 nitrogen and oxygen atoms in total. The fourth-order valence-corrected chi connectivity index (χ4v) is 2.05. The molecule has 0 saturated heterocycles. The van der Waals surface area contributed by atoms with Gasteiger partial charge in [-0.3, -0.25) is 0 Å². The van der Waals surface area contributed by atoms with E-state index in [1.54, 1.807) is 13.8 Å². The van der Waals surface area contributed by atoms with Crippen molar-refractivity contribution in [3.8, 4) is 0 Å². The summed E-state index contributed by atoms with van der Waals surface area (Å²) in [5, 5.41) is 2.80. The predicted molar refractivity (Wildman–Crippen MR) is 70.6 cm³/mol. The normalized spacial score (nSPS) is 22.6. The summed E-state index contributed by atoms with van der Waals surface area (Å²) in [7, 11) is 0. The van der Waals surface area contributed by atoms with Crippen LogP contribution in [0.1, 0.15) is 47.5 Å². The molecule has 0 radical (unpaired) electrons. The summed E-state index contributed by atoms with van der Waals surface area (Å²) >= 11 is 0. The van der Waals surface area contributed by atoms with Crippen LogP contribution in [0.15, 0.2) is 0 Å². The maximum absolute atomic E-state index is 11.6. The molecule has 1 aliphatic rings. The van der Waals surface area contributed by atoms with Crippen LogP contribution in [0.25, 0.3) is 0 Å². The van der Waals surface area contributed by atoms with Crippen LogP contribution in [0.2, 0.25) is 0 Å². The Labute approximate surface area is 114 Å². The minimum absolute atomic E-state index is 0.0885. The van der Waals surface area contributed by atoms with Gasteiger partial charge in [0.15, 0.2) is 0 Å². The monoisotopic (exact) mass is 272 g/mol. The molecule has 0 bridgehead atoms. The minimum Gasteiger partial charge on any atom is -0.444 e. The van der Waals surface area contributed by atoms with Crippen LogP contribution >= 0.6 is 0 Å². The summed E-state index contributed by atoms with van der Waals surface area (Å²) < 4.78 is 10.2. The van der Waals surface area contributed by atoms with E-state index in [9.17, 15) is 9.59 Å². The highest BCUT2D eigenvalue weighted by Crippen LogP contribution is 2.38. The van der Waals surface area contributed by atoms with Gasteiger partial charge in [-0.25, -0.2) is 9.59 Å². The highest BCUT2D eigenvalue weighted by Gasteiger charge is 2.43. The third kappa shape index (κ3) is 6.31. The van der Waals surface area contributed by atoms with Crippen LogP contribution in [-0.2, 0) is 9.47 Å². The van der Waals surface area contributed by atoms with Crippen molar-refractivity contribution in [2.24, 2.45) is 11.7 Å². The molecule has 1 fully saturated rings.